The highest BCUT2D eigenvalue weighted by Gasteiger charge is 2.28. The van der Waals surface area contributed by atoms with Crippen molar-refractivity contribution in [1.82, 2.24) is 9.79 Å². The highest BCUT2D eigenvalue weighted by atomic mass is 32.2. The van der Waals surface area contributed by atoms with Crippen molar-refractivity contribution in [3.05, 3.63) is 71.3 Å². The van der Waals surface area contributed by atoms with Gasteiger partial charge in [-0.1, -0.05) is 36.4 Å². The fraction of sp³-hybridized carbons (Fsp3) is 0.167. The maximum Gasteiger partial charge on any atom is 0.267 e. The molecule has 6 nitrogen and oxygen atoms in total. The Labute approximate surface area is 146 Å². The van der Waals surface area contributed by atoms with Gasteiger partial charge in [0.2, 0.25) is 10.0 Å². The van der Waals surface area contributed by atoms with Gasteiger partial charge in [-0.15, -0.1) is 0 Å². The van der Waals surface area contributed by atoms with Crippen LogP contribution in [-0.2, 0) is 27.8 Å². The molecule has 130 valence electrons. The summed E-state index contributed by atoms with van der Waals surface area (Å²) in [5.74, 6) is -0.619. The smallest absolute Gasteiger partial charge is 0.267 e. The number of hydrogen-bond acceptors (Lipinski definition) is 4. The SMILES string of the molecule is O=C(/C=C/c1ccc2c(c1)CN(S(=O)(=O)c1ccccc1)CC2)NO. The van der Waals surface area contributed by atoms with Gasteiger partial charge < -0.3 is 0 Å². The van der Waals surface area contributed by atoms with Gasteiger partial charge in [0.15, 0.2) is 0 Å². The summed E-state index contributed by atoms with van der Waals surface area (Å²) < 4.78 is 27.0. The van der Waals surface area contributed by atoms with Crippen LogP contribution in [0.2, 0.25) is 0 Å². The number of nitrogens with one attached hydrogen (secondary N) is 1. The normalized spacial score (nSPS) is 15.1. The molecule has 3 rings (SSSR count). The lowest BCUT2D eigenvalue weighted by atomic mass is 9.98. The molecule has 1 heterocycles. The topological polar surface area (TPSA) is 86.7 Å². The number of hydrogen-bond donors (Lipinski definition) is 2. The van der Waals surface area contributed by atoms with Gasteiger partial charge in [0.25, 0.3) is 5.91 Å². The van der Waals surface area contributed by atoms with Gasteiger partial charge in [0.1, 0.15) is 0 Å². The third-order valence-electron chi connectivity index (χ3n) is 4.13. The summed E-state index contributed by atoms with van der Waals surface area (Å²) in [6.07, 6.45) is 3.42. The van der Waals surface area contributed by atoms with E-state index in [0.29, 0.717) is 19.5 Å². The zero-order chi connectivity index (χ0) is 17.9. The van der Waals surface area contributed by atoms with Crippen LogP contribution in [0.15, 0.2) is 59.5 Å². The van der Waals surface area contributed by atoms with Crippen LogP contribution in [-0.4, -0.2) is 30.4 Å². The fourth-order valence-electron chi connectivity index (χ4n) is 2.81. The van der Waals surface area contributed by atoms with Crippen molar-refractivity contribution >= 4 is 22.0 Å². The lowest BCUT2D eigenvalue weighted by Crippen LogP contribution is -2.35. The molecular formula is C18H18N2O4S. The van der Waals surface area contributed by atoms with E-state index >= 15 is 0 Å². The van der Waals surface area contributed by atoms with Gasteiger partial charge in [-0.25, -0.2) is 13.9 Å². The van der Waals surface area contributed by atoms with Crippen LogP contribution >= 0.6 is 0 Å². The average molecular weight is 358 g/mol. The van der Waals surface area contributed by atoms with Crippen molar-refractivity contribution in [2.45, 2.75) is 17.9 Å². The molecule has 1 aliphatic heterocycles. The van der Waals surface area contributed by atoms with E-state index in [-0.39, 0.29) is 4.90 Å². The monoisotopic (exact) mass is 358 g/mol. The van der Waals surface area contributed by atoms with Gasteiger partial charge in [-0.3, -0.25) is 10.0 Å². The van der Waals surface area contributed by atoms with Crippen molar-refractivity contribution in [2.75, 3.05) is 6.54 Å². The molecule has 0 atom stereocenters. The van der Waals surface area contributed by atoms with Crippen LogP contribution in [0.3, 0.4) is 0 Å². The van der Waals surface area contributed by atoms with Gasteiger partial charge in [0.05, 0.1) is 4.90 Å². The third-order valence-corrected chi connectivity index (χ3v) is 5.99. The van der Waals surface area contributed by atoms with Crippen molar-refractivity contribution in [1.29, 1.82) is 0 Å². The number of fused-ring (bicyclic) bond motifs is 1. The molecule has 0 aromatic heterocycles. The zero-order valence-corrected chi connectivity index (χ0v) is 14.2. The first-order valence-electron chi connectivity index (χ1n) is 7.80. The number of sulfonamides is 1. The summed E-state index contributed by atoms with van der Waals surface area (Å²) in [6.45, 7) is 0.729. The number of hydroxylamine groups is 1. The maximum absolute atomic E-state index is 12.8. The van der Waals surface area contributed by atoms with Crippen LogP contribution in [0.25, 0.3) is 6.08 Å². The minimum absolute atomic E-state index is 0.286. The van der Waals surface area contributed by atoms with E-state index in [9.17, 15) is 13.2 Å². The number of rotatable bonds is 4. The highest BCUT2D eigenvalue weighted by molar-refractivity contribution is 7.89. The number of amides is 1. The minimum atomic E-state index is -3.53. The van der Waals surface area contributed by atoms with E-state index in [4.69, 9.17) is 5.21 Å². The maximum atomic E-state index is 12.8. The van der Waals surface area contributed by atoms with Crippen LogP contribution in [0.4, 0.5) is 0 Å². The molecule has 0 unspecified atom stereocenters. The number of benzene rings is 2. The molecule has 0 spiro atoms. The molecule has 1 amide bonds. The molecular weight excluding hydrogens is 340 g/mol. The molecule has 0 radical (unpaired) electrons. The predicted molar refractivity (Wildman–Crippen MR) is 93.1 cm³/mol. The second kappa shape index (κ2) is 7.18. The Balaban J connectivity index is 1.85. The molecule has 1 aliphatic rings. The van der Waals surface area contributed by atoms with E-state index in [1.165, 1.54) is 15.9 Å². The standard InChI is InChI=1S/C18H18N2O4S/c21-18(19-22)9-7-14-6-8-15-10-11-20(13-16(15)12-14)25(23,24)17-4-2-1-3-5-17/h1-9,12,22H,10-11,13H2,(H,19,21)/b9-7+. The van der Waals surface area contributed by atoms with Gasteiger partial charge in [-0.2, -0.15) is 4.31 Å². The third kappa shape index (κ3) is 3.79. The first kappa shape index (κ1) is 17.3. The van der Waals surface area contributed by atoms with E-state index in [1.807, 2.05) is 18.2 Å². The Morgan fingerprint density at radius 2 is 1.88 bits per heavy atom. The van der Waals surface area contributed by atoms with E-state index < -0.39 is 15.9 Å². The van der Waals surface area contributed by atoms with Gasteiger partial charge >= 0.3 is 0 Å². The summed E-state index contributed by atoms with van der Waals surface area (Å²) in [7, 11) is -3.53. The van der Waals surface area contributed by atoms with E-state index in [0.717, 1.165) is 16.7 Å². The first-order chi connectivity index (χ1) is 12.0. The summed E-state index contributed by atoms with van der Waals surface area (Å²) in [6, 6.07) is 14.1. The molecule has 2 aromatic rings. The Kier molecular flexibility index (Phi) is 4.98. The van der Waals surface area contributed by atoms with Crippen LogP contribution in [0, 0.1) is 0 Å². The van der Waals surface area contributed by atoms with Crippen molar-refractivity contribution in [3.8, 4) is 0 Å². The summed E-state index contributed by atoms with van der Waals surface area (Å²) in [4.78, 5) is 11.4. The first-order valence-corrected chi connectivity index (χ1v) is 9.24. The van der Waals surface area contributed by atoms with Crippen LogP contribution in [0.5, 0.6) is 0 Å². The zero-order valence-electron chi connectivity index (χ0n) is 13.4. The van der Waals surface area contributed by atoms with Crippen LogP contribution in [0.1, 0.15) is 16.7 Å². The Hall–Kier alpha value is -2.48. The molecule has 0 saturated carbocycles. The summed E-state index contributed by atoms with van der Waals surface area (Å²) >= 11 is 0. The van der Waals surface area contributed by atoms with Crippen molar-refractivity contribution in [2.24, 2.45) is 0 Å². The number of nitrogens with zero attached hydrogens (tertiary/aromatic N) is 1. The van der Waals surface area contributed by atoms with Crippen molar-refractivity contribution in [3.63, 3.8) is 0 Å². The number of carbonyl (C=O) groups excluding carboxylic acids is 1. The lowest BCUT2D eigenvalue weighted by molar-refractivity contribution is -0.124. The largest absolute Gasteiger partial charge is 0.288 e. The minimum Gasteiger partial charge on any atom is -0.288 e. The fourth-order valence-corrected chi connectivity index (χ4v) is 4.25. The lowest BCUT2D eigenvalue weighted by Gasteiger charge is -2.28. The molecule has 0 aliphatic carbocycles. The Bertz CT molecular complexity index is 908. The van der Waals surface area contributed by atoms with Gasteiger partial charge in [-0.05, 0) is 41.3 Å². The molecule has 2 aromatic carbocycles. The summed E-state index contributed by atoms with van der Waals surface area (Å²) in [5, 5.41) is 8.51. The number of carbonyl (C=O) groups is 1. The Morgan fingerprint density at radius 1 is 1.12 bits per heavy atom. The molecule has 0 saturated heterocycles. The highest BCUT2D eigenvalue weighted by Crippen LogP contribution is 2.26. The molecule has 0 fully saturated rings. The molecule has 25 heavy (non-hydrogen) atoms. The van der Waals surface area contributed by atoms with Crippen molar-refractivity contribution < 1.29 is 18.4 Å². The average Bonchev–Trinajstić information content (AvgIpc) is 2.66. The molecule has 0 bridgehead atoms. The quantitative estimate of drug-likeness (QED) is 0.497. The second-order valence-electron chi connectivity index (χ2n) is 5.74. The summed E-state index contributed by atoms with van der Waals surface area (Å²) in [5.41, 5.74) is 4.31. The van der Waals surface area contributed by atoms with E-state index in [2.05, 4.69) is 0 Å². The molecule has 7 heteroatoms. The van der Waals surface area contributed by atoms with Gasteiger partial charge in [0, 0.05) is 19.2 Å². The second-order valence-corrected chi connectivity index (χ2v) is 7.68. The predicted octanol–water partition coefficient (Wildman–Crippen LogP) is 1.95. The Morgan fingerprint density at radius 3 is 2.60 bits per heavy atom. The van der Waals surface area contributed by atoms with Crippen LogP contribution < -0.4 is 5.48 Å². The van der Waals surface area contributed by atoms with E-state index in [1.54, 1.807) is 36.4 Å². The molecule has 2 N–H and O–H groups in total.